The maximum Gasteiger partial charge on any atom is 0.243 e. The van der Waals surface area contributed by atoms with Crippen LogP contribution in [0.25, 0.3) is 11.4 Å². The Labute approximate surface area is 124 Å². The van der Waals surface area contributed by atoms with E-state index >= 15 is 0 Å². The standard InChI is InChI=1S/C12H14N6O2S/c19-10-2-1-9(5-13-10)14-11(20)6-18-16-12(15-17-18)8-3-4-21-7-8/h3-4,7,9H,1-2,5-6H2,(H,13,19)(H,14,20). The van der Waals surface area contributed by atoms with E-state index in [1.54, 1.807) is 11.3 Å². The minimum absolute atomic E-state index is 0.0155. The van der Waals surface area contributed by atoms with Crippen molar-refractivity contribution in [3.63, 3.8) is 0 Å². The SMILES string of the molecule is O=C1CCC(NC(=O)Cn2nnc(-c3ccsc3)n2)CN1. The topological polar surface area (TPSA) is 102 Å². The lowest BCUT2D eigenvalue weighted by molar-refractivity contribution is -0.126. The summed E-state index contributed by atoms with van der Waals surface area (Å²) in [5.74, 6) is 0.346. The van der Waals surface area contributed by atoms with Gasteiger partial charge in [-0.15, -0.1) is 10.2 Å². The molecule has 1 aliphatic rings. The molecule has 1 atom stereocenters. The summed E-state index contributed by atoms with van der Waals surface area (Å²) >= 11 is 1.55. The molecule has 9 heteroatoms. The van der Waals surface area contributed by atoms with Gasteiger partial charge in [-0.05, 0) is 23.1 Å². The largest absolute Gasteiger partial charge is 0.354 e. The summed E-state index contributed by atoms with van der Waals surface area (Å²) in [6.07, 6.45) is 1.09. The zero-order valence-electron chi connectivity index (χ0n) is 11.2. The monoisotopic (exact) mass is 306 g/mol. The summed E-state index contributed by atoms with van der Waals surface area (Å²) in [6, 6.07) is 1.87. The number of aromatic nitrogens is 4. The van der Waals surface area contributed by atoms with Crippen molar-refractivity contribution in [2.75, 3.05) is 6.54 Å². The molecule has 21 heavy (non-hydrogen) atoms. The molecular weight excluding hydrogens is 292 g/mol. The van der Waals surface area contributed by atoms with Gasteiger partial charge in [-0.3, -0.25) is 9.59 Å². The number of piperidine rings is 1. The quantitative estimate of drug-likeness (QED) is 0.814. The smallest absolute Gasteiger partial charge is 0.243 e. The number of rotatable bonds is 4. The summed E-state index contributed by atoms with van der Waals surface area (Å²) in [5.41, 5.74) is 0.890. The Morgan fingerprint density at radius 1 is 1.57 bits per heavy atom. The summed E-state index contributed by atoms with van der Waals surface area (Å²) in [4.78, 5) is 24.2. The molecule has 2 aromatic rings. The highest BCUT2D eigenvalue weighted by atomic mass is 32.1. The molecule has 0 aromatic carbocycles. The Morgan fingerprint density at radius 3 is 3.19 bits per heavy atom. The predicted molar refractivity (Wildman–Crippen MR) is 75.3 cm³/mol. The van der Waals surface area contributed by atoms with E-state index in [4.69, 9.17) is 0 Å². The zero-order valence-corrected chi connectivity index (χ0v) is 12.0. The van der Waals surface area contributed by atoms with Gasteiger partial charge in [0.05, 0.1) is 0 Å². The van der Waals surface area contributed by atoms with Crippen LogP contribution in [0.15, 0.2) is 16.8 Å². The molecule has 0 saturated carbocycles. The van der Waals surface area contributed by atoms with Gasteiger partial charge in [0.1, 0.15) is 6.54 Å². The number of carbonyl (C=O) groups is 2. The third-order valence-electron chi connectivity index (χ3n) is 3.15. The Hall–Kier alpha value is -2.29. The van der Waals surface area contributed by atoms with Crippen molar-refractivity contribution < 1.29 is 9.59 Å². The van der Waals surface area contributed by atoms with Crippen LogP contribution in [0.1, 0.15) is 12.8 Å². The van der Waals surface area contributed by atoms with Crippen molar-refractivity contribution >= 4 is 23.2 Å². The van der Waals surface area contributed by atoms with Crippen LogP contribution in [0.5, 0.6) is 0 Å². The van der Waals surface area contributed by atoms with Crippen LogP contribution in [0.3, 0.4) is 0 Å². The van der Waals surface area contributed by atoms with Gasteiger partial charge in [-0.1, -0.05) is 0 Å². The summed E-state index contributed by atoms with van der Waals surface area (Å²) in [6.45, 7) is 0.483. The first-order valence-electron chi connectivity index (χ1n) is 6.57. The molecule has 3 heterocycles. The maximum absolute atomic E-state index is 11.9. The van der Waals surface area contributed by atoms with Crippen LogP contribution in [-0.2, 0) is 16.1 Å². The van der Waals surface area contributed by atoms with Gasteiger partial charge in [-0.2, -0.15) is 16.1 Å². The van der Waals surface area contributed by atoms with Gasteiger partial charge in [-0.25, -0.2) is 0 Å². The van der Waals surface area contributed by atoms with Gasteiger partial charge in [0.25, 0.3) is 0 Å². The van der Waals surface area contributed by atoms with Gasteiger partial charge in [0, 0.05) is 30.0 Å². The fraction of sp³-hybridized carbons (Fsp3) is 0.417. The van der Waals surface area contributed by atoms with Crippen molar-refractivity contribution in [1.82, 2.24) is 30.8 Å². The van der Waals surface area contributed by atoms with Crippen molar-refractivity contribution in [2.45, 2.75) is 25.4 Å². The lowest BCUT2D eigenvalue weighted by Gasteiger charge is -2.23. The minimum atomic E-state index is -0.189. The number of hydrogen-bond acceptors (Lipinski definition) is 6. The van der Waals surface area contributed by atoms with Crippen LogP contribution in [0, 0.1) is 0 Å². The highest BCUT2D eigenvalue weighted by Gasteiger charge is 2.20. The molecule has 2 amide bonds. The minimum Gasteiger partial charge on any atom is -0.354 e. The summed E-state index contributed by atoms with van der Waals surface area (Å²) in [7, 11) is 0. The van der Waals surface area contributed by atoms with E-state index in [2.05, 4.69) is 26.0 Å². The first-order chi connectivity index (χ1) is 10.2. The number of nitrogens with one attached hydrogen (secondary N) is 2. The lowest BCUT2D eigenvalue weighted by atomic mass is 10.1. The van der Waals surface area contributed by atoms with E-state index < -0.39 is 0 Å². The number of amides is 2. The third-order valence-corrected chi connectivity index (χ3v) is 3.83. The fourth-order valence-electron chi connectivity index (χ4n) is 2.08. The molecule has 0 radical (unpaired) electrons. The van der Waals surface area contributed by atoms with Gasteiger partial charge in [0.2, 0.25) is 17.6 Å². The molecule has 1 fully saturated rings. The van der Waals surface area contributed by atoms with Crippen molar-refractivity contribution in [3.05, 3.63) is 16.8 Å². The van der Waals surface area contributed by atoms with Crippen molar-refractivity contribution in [3.8, 4) is 11.4 Å². The van der Waals surface area contributed by atoms with Gasteiger partial charge < -0.3 is 10.6 Å². The van der Waals surface area contributed by atoms with Crippen molar-refractivity contribution in [1.29, 1.82) is 0 Å². The van der Waals surface area contributed by atoms with Crippen LogP contribution in [0.4, 0.5) is 0 Å². The third kappa shape index (κ3) is 3.43. The highest BCUT2D eigenvalue weighted by molar-refractivity contribution is 7.08. The van der Waals surface area contributed by atoms with Crippen molar-refractivity contribution in [2.24, 2.45) is 0 Å². The molecule has 0 aliphatic carbocycles. The molecule has 2 N–H and O–H groups in total. The molecule has 8 nitrogen and oxygen atoms in total. The molecule has 0 bridgehead atoms. The molecule has 1 saturated heterocycles. The van der Waals surface area contributed by atoms with E-state index in [-0.39, 0.29) is 24.4 Å². The molecule has 2 aromatic heterocycles. The summed E-state index contributed by atoms with van der Waals surface area (Å²) in [5, 5.41) is 21.4. The summed E-state index contributed by atoms with van der Waals surface area (Å²) < 4.78 is 0. The van der Waals surface area contributed by atoms with Gasteiger partial charge in [0.15, 0.2) is 0 Å². The van der Waals surface area contributed by atoms with E-state index in [9.17, 15) is 9.59 Å². The Kier molecular flexibility index (Phi) is 3.91. The fourth-order valence-corrected chi connectivity index (χ4v) is 2.71. The Morgan fingerprint density at radius 2 is 2.48 bits per heavy atom. The maximum atomic E-state index is 11.9. The van der Waals surface area contributed by atoms with E-state index in [0.29, 0.717) is 25.2 Å². The molecule has 110 valence electrons. The predicted octanol–water partition coefficient (Wildman–Crippen LogP) is -0.204. The number of tetrazole rings is 1. The normalized spacial score (nSPS) is 18.3. The number of thiophene rings is 1. The molecule has 1 unspecified atom stereocenters. The van der Waals surface area contributed by atoms with Crippen LogP contribution >= 0.6 is 11.3 Å². The first kappa shape index (κ1) is 13.7. The average Bonchev–Trinajstić information content (AvgIpc) is 3.12. The Balaban J connectivity index is 1.54. The number of hydrogen-bond donors (Lipinski definition) is 2. The van der Waals surface area contributed by atoms with Crippen LogP contribution in [0.2, 0.25) is 0 Å². The van der Waals surface area contributed by atoms with Gasteiger partial charge >= 0.3 is 0 Å². The molecule has 1 aliphatic heterocycles. The first-order valence-corrected chi connectivity index (χ1v) is 7.51. The second-order valence-electron chi connectivity index (χ2n) is 4.76. The highest BCUT2D eigenvalue weighted by Crippen LogP contribution is 2.16. The molecular formula is C12H14N6O2S. The number of carbonyl (C=O) groups excluding carboxylic acids is 2. The van der Waals surface area contributed by atoms with E-state index in [1.165, 1.54) is 4.80 Å². The van der Waals surface area contributed by atoms with Crippen LogP contribution < -0.4 is 10.6 Å². The molecule has 3 rings (SSSR count). The number of nitrogens with zero attached hydrogens (tertiary/aromatic N) is 4. The van der Waals surface area contributed by atoms with Crippen LogP contribution in [-0.4, -0.2) is 44.6 Å². The second kappa shape index (κ2) is 6.00. The average molecular weight is 306 g/mol. The second-order valence-corrected chi connectivity index (χ2v) is 5.54. The Bertz CT molecular complexity index is 628. The van der Waals surface area contributed by atoms with E-state index in [0.717, 1.165) is 5.56 Å². The zero-order chi connectivity index (χ0) is 14.7. The van der Waals surface area contributed by atoms with E-state index in [1.807, 2.05) is 16.8 Å². The molecule has 0 spiro atoms. The lowest BCUT2D eigenvalue weighted by Crippen LogP contribution is -2.48.